The van der Waals surface area contributed by atoms with Gasteiger partial charge in [-0.2, -0.15) is 0 Å². The third kappa shape index (κ3) is 0.780. The molecule has 3 rings (SSSR count). The summed E-state index contributed by atoms with van der Waals surface area (Å²) < 4.78 is 6.24. The molecule has 2 aliphatic rings. The third-order valence-corrected chi connectivity index (χ3v) is 5.22. The van der Waals surface area contributed by atoms with E-state index in [-0.39, 0.29) is 16.4 Å². The molecule has 1 spiro atoms. The fourth-order valence-corrected chi connectivity index (χ4v) is 3.32. The highest BCUT2D eigenvalue weighted by Gasteiger charge is 2.80. The number of hydrogen-bond acceptors (Lipinski definition) is 1. The summed E-state index contributed by atoms with van der Waals surface area (Å²) in [5.74, 6) is 1.09. The van der Waals surface area contributed by atoms with Crippen LogP contribution in [0.3, 0.4) is 0 Å². The predicted octanol–water partition coefficient (Wildman–Crippen LogP) is 3.43. The van der Waals surface area contributed by atoms with Crippen LogP contribution in [0.15, 0.2) is 24.3 Å². The van der Waals surface area contributed by atoms with Crippen molar-refractivity contribution in [3.05, 3.63) is 29.8 Å². The van der Waals surface area contributed by atoms with Gasteiger partial charge < -0.3 is 4.74 Å². The molecular weight excluding hydrogens is 184 g/mol. The predicted molar refractivity (Wildman–Crippen MR) is 61.1 cm³/mol. The highest BCUT2D eigenvalue weighted by molar-refractivity contribution is 5.46. The molecule has 80 valence electrons. The van der Waals surface area contributed by atoms with E-state index in [0.29, 0.717) is 0 Å². The first kappa shape index (κ1) is 9.26. The van der Waals surface area contributed by atoms with Crippen molar-refractivity contribution in [2.45, 2.75) is 39.7 Å². The average Bonchev–Trinajstić information content (AvgIpc) is 2.57. The van der Waals surface area contributed by atoms with Crippen molar-refractivity contribution in [1.82, 2.24) is 0 Å². The zero-order valence-electron chi connectivity index (χ0n) is 9.92. The molecule has 15 heavy (non-hydrogen) atoms. The van der Waals surface area contributed by atoms with Crippen LogP contribution < -0.4 is 4.74 Å². The van der Waals surface area contributed by atoms with Gasteiger partial charge in [0.1, 0.15) is 11.4 Å². The lowest BCUT2D eigenvalue weighted by Gasteiger charge is -2.14. The molecule has 0 atom stereocenters. The molecule has 0 aromatic heterocycles. The van der Waals surface area contributed by atoms with Crippen LogP contribution >= 0.6 is 0 Å². The molecule has 1 heterocycles. The normalized spacial score (nSPS) is 27.2. The Kier molecular flexibility index (Phi) is 1.38. The van der Waals surface area contributed by atoms with Crippen molar-refractivity contribution >= 4 is 0 Å². The van der Waals surface area contributed by atoms with Crippen molar-refractivity contribution in [2.24, 2.45) is 10.8 Å². The molecule has 0 amide bonds. The first-order valence-electron chi connectivity index (χ1n) is 5.69. The maximum absolute atomic E-state index is 6.24. The molecule has 0 bridgehead atoms. The van der Waals surface area contributed by atoms with Gasteiger partial charge in [-0.25, -0.2) is 0 Å². The van der Waals surface area contributed by atoms with Crippen molar-refractivity contribution in [1.29, 1.82) is 0 Å². The minimum absolute atomic E-state index is 0.0453. The highest BCUT2D eigenvalue weighted by Crippen LogP contribution is 2.75. The summed E-state index contributed by atoms with van der Waals surface area (Å²) in [4.78, 5) is 0. The number of hydrogen-bond donors (Lipinski definition) is 0. The lowest BCUT2D eigenvalue weighted by atomic mass is 10.0. The number of para-hydroxylation sites is 1. The van der Waals surface area contributed by atoms with Crippen LogP contribution in [0.4, 0.5) is 0 Å². The fraction of sp³-hybridized carbons (Fsp3) is 0.571. The van der Waals surface area contributed by atoms with Crippen LogP contribution in [-0.2, 0) is 6.42 Å². The van der Waals surface area contributed by atoms with Crippen molar-refractivity contribution in [3.8, 4) is 5.75 Å². The van der Waals surface area contributed by atoms with Crippen LogP contribution in [0, 0.1) is 10.8 Å². The maximum Gasteiger partial charge on any atom is 0.125 e. The van der Waals surface area contributed by atoms with Gasteiger partial charge in [-0.1, -0.05) is 45.9 Å². The second-order valence-corrected chi connectivity index (χ2v) is 5.96. The van der Waals surface area contributed by atoms with E-state index in [9.17, 15) is 0 Å². The maximum atomic E-state index is 6.24. The SMILES string of the molecule is CC1(C)C(C)(C)C12Cc1ccccc1O2. The summed E-state index contributed by atoms with van der Waals surface area (Å²) >= 11 is 0. The van der Waals surface area contributed by atoms with E-state index >= 15 is 0 Å². The number of fused-ring (bicyclic) bond motifs is 1. The van der Waals surface area contributed by atoms with E-state index in [2.05, 4.69) is 52.0 Å². The second-order valence-electron chi connectivity index (χ2n) is 5.96. The largest absolute Gasteiger partial charge is 0.485 e. The van der Waals surface area contributed by atoms with Gasteiger partial charge >= 0.3 is 0 Å². The van der Waals surface area contributed by atoms with Crippen LogP contribution in [0.25, 0.3) is 0 Å². The zero-order valence-corrected chi connectivity index (χ0v) is 9.92. The molecule has 1 nitrogen and oxygen atoms in total. The second kappa shape index (κ2) is 2.23. The first-order chi connectivity index (χ1) is 6.92. The molecule has 1 fully saturated rings. The molecule has 0 saturated heterocycles. The van der Waals surface area contributed by atoms with Gasteiger partial charge in [-0.3, -0.25) is 0 Å². The number of ether oxygens (including phenoxy) is 1. The summed E-state index contributed by atoms with van der Waals surface area (Å²) in [5.41, 5.74) is 1.97. The van der Waals surface area contributed by atoms with Crippen molar-refractivity contribution < 1.29 is 4.74 Å². The standard InChI is InChI=1S/C14H18O/c1-12(2)13(3,4)14(12)9-10-7-5-6-8-11(10)15-14/h5-8H,9H2,1-4H3. The molecule has 1 aliphatic carbocycles. The molecular formula is C14H18O. The smallest absolute Gasteiger partial charge is 0.125 e. The number of rotatable bonds is 0. The summed E-state index contributed by atoms with van der Waals surface area (Å²) in [6.07, 6.45) is 1.07. The summed E-state index contributed by atoms with van der Waals surface area (Å²) in [6, 6.07) is 8.44. The summed E-state index contributed by atoms with van der Waals surface area (Å²) in [5, 5.41) is 0. The molecule has 0 N–H and O–H groups in total. The Hall–Kier alpha value is -0.980. The zero-order chi connectivity index (χ0) is 10.9. The van der Waals surface area contributed by atoms with Gasteiger partial charge in [0.25, 0.3) is 0 Å². The molecule has 1 aromatic rings. The van der Waals surface area contributed by atoms with Crippen LogP contribution in [-0.4, -0.2) is 5.60 Å². The van der Waals surface area contributed by atoms with E-state index in [1.165, 1.54) is 5.56 Å². The highest BCUT2D eigenvalue weighted by atomic mass is 16.5. The summed E-state index contributed by atoms with van der Waals surface area (Å²) in [7, 11) is 0. The lowest BCUT2D eigenvalue weighted by Crippen LogP contribution is -2.24. The van der Waals surface area contributed by atoms with E-state index in [1.54, 1.807) is 0 Å². The third-order valence-electron chi connectivity index (χ3n) is 5.22. The lowest BCUT2D eigenvalue weighted by molar-refractivity contribution is 0.146. The Labute approximate surface area is 91.5 Å². The summed E-state index contributed by atoms with van der Waals surface area (Å²) in [6.45, 7) is 9.27. The van der Waals surface area contributed by atoms with Crippen LogP contribution in [0.5, 0.6) is 5.75 Å². The fourth-order valence-electron chi connectivity index (χ4n) is 3.32. The quantitative estimate of drug-likeness (QED) is 0.626. The van der Waals surface area contributed by atoms with E-state index in [1.807, 2.05) is 0 Å². The van der Waals surface area contributed by atoms with Gasteiger partial charge in [-0.15, -0.1) is 0 Å². The topological polar surface area (TPSA) is 9.23 Å². The van der Waals surface area contributed by atoms with E-state index in [0.717, 1.165) is 12.2 Å². The molecule has 0 unspecified atom stereocenters. The van der Waals surface area contributed by atoms with Crippen LogP contribution in [0.2, 0.25) is 0 Å². The van der Waals surface area contributed by atoms with Gasteiger partial charge in [0.15, 0.2) is 0 Å². The van der Waals surface area contributed by atoms with Gasteiger partial charge in [0, 0.05) is 17.3 Å². The number of benzene rings is 1. The van der Waals surface area contributed by atoms with Crippen molar-refractivity contribution in [3.63, 3.8) is 0 Å². The Balaban J connectivity index is 2.05. The van der Waals surface area contributed by atoms with Gasteiger partial charge in [0.05, 0.1) is 0 Å². The Morgan fingerprint density at radius 1 is 1.00 bits per heavy atom. The molecule has 1 heteroatoms. The monoisotopic (exact) mass is 202 g/mol. The van der Waals surface area contributed by atoms with Gasteiger partial charge in [-0.05, 0) is 11.6 Å². The van der Waals surface area contributed by atoms with Crippen molar-refractivity contribution in [2.75, 3.05) is 0 Å². The van der Waals surface area contributed by atoms with Crippen LogP contribution in [0.1, 0.15) is 33.3 Å². The van der Waals surface area contributed by atoms with Gasteiger partial charge in [0.2, 0.25) is 0 Å². The minimum atomic E-state index is 0.0453. The minimum Gasteiger partial charge on any atom is -0.485 e. The average molecular weight is 202 g/mol. The molecule has 1 saturated carbocycles. The Morgan fingerprint density at radius 3 is 2.13 bits per heavy atom. The Bertz CT molecular complexity index is 388. The molecule has 1 aromatic carbocycles. The van der Waals surface area contributed by atoms with E-state index in [4.69, 9.17) is 4.74 Å². The molecule has 0 radical (unpaired) electrons. The Morgan fingerprint density at radius 2 is 1.60 bits per heavy atom. The van der Waals surface area contributed by atoms with E-state index < -0.39 is 0 Å². The molecule has 1 aliphatic heterocycles. The first-order valence-corrected chi connectivity index (χ1v) is 5.69.